The summed E-state index contributed by atoms with van der Waals surface area (Å²) in [5.41, 5.74) is 0.510. The quantitative estimate of drug-likeness (QED) is 0.924. The number of morpholine rings is 1. The van der Waals surface area contributed by atoms with Crippen LogP contribution in [0.2, 0.25) is 5.02 Å². The Labute approximate surface area is 127 Å². The molecule has 2 atom stereocenters. The number of benzene rings is 1. The predicted molar refractivity (Wildman–Crippen MR) is 82.7 cm³/mol. The Morgan fingerprint density at radius 3 is 3.10 bits per heavy atom. The lowest BCUT2D eigenvalue weighted by molar-refractivity contribution is -0.0534. The van der Waals surface area contributed by atoms with Gasteiger partial charge in [0, 0.05) is 17.6 Å². The van der Waals surface area contributed by atoms with Crippen molar-refractivity contribution in [2.75, 3.05) is 13.2 Å². The minimum Gasteiger partial charge on any atom is -0.376 e. The molecule has 2 heterocycles. The van der Waals surface area contributed by atoms with Gasteiger partial charge in [-0.25, -0.2) is 4.98 Å². The summed E-state index contributed by atoms with van der Waals surface area (Å²) in [6, 6.07) is 5.43. The van der Waals surface area contributed by atoms with E-state index < -0.39 is 0 Å². The van der Waals surface area contributed by atoms with Gasteiger partial charge in [-0.15, -0.1) is 0 Å². The molecular weight excluding hydrogens is 290 g/mol. The summed E-state index contributed by atoms with van der Waals surface area (Å²) < 4.78 is 5.62. The highest BCUT2D eigenvalue weighted by Crippen LogP contribution is 2.17. The number of nitrogens with zero attached hydrogens (tertiary/aromatic N) is 2. The maximum Gasteiger partial charge on any atom is 0.258 e. The van der Waals surface area contributed by atoms with Crippen LogP contribution < -0.4 is 5.56 Å². The van der Waals surface area contributed by atoms with Gasteiger partial charge < -0.3 is 9.72 Å². The summed E-state index contributed by atoms with van der Waals surface area (Å²) in [4.78, 5) is 21.8. The van der Waals surface area contributed by atoms with Crippen LogP contribution in [-0.4, -0.2) is 40.2 Å². The van der Waals surface area contributed by atoms with E-state index in [4.69, 9.17) is 16.3 Å². The molecule has 1 fully saturated rings. The second-order valence-electron chi connectivity index (χ2n) is 5.60. The van der Waals surface area contributed by atoms with E-state index in [1.165, 1.54) is 0 Å². The molecule has 5 nitrogen and oxygen atoms in total. The maximum absolute atomic E-state index is 12.1. The summed E-state index contributed by atoms with van der Waals surface area (Å²) in [7, 11) is 0. The largest absolute Gasteiger partial charge is 0.376 e. The number of ether oxygens (including phenoxy) is 1. The lowest BCUT2D eigenvalue weighted by Crippen LogP contribution is -2.47. The Hall–Kier alpha value is -1.43. The number of aromatic amines is 1. The van der Waals surface area contributed by atoms with Crippen LogP contribution in [0.5, 0.6) is 0 Å². The molecule has 1 aliphatic heterocycles. The molecule has 1 aliphatic rings. The van der Waals surface area contributed by atoms with Gasteiger partial charge in [-0.05, 0) is 32.0 Å². The van der Waals surface area contributed by atoms with Crippen LogP contribution in [0.4, 0.5) is 0 Å². The Bertz CT molecular complexity index is 716. The minimum atomic E-state index is -0.124. The molecule has 0 spiro atoms. The monoisotopic (exact) mass is 307 g/mol. The minimum absolute atomic E-state index is 0.124. The van der Waals surface area contributed by atoms with E-state index in [0.717, 1.165) is 6.54 Å². The molecule has 0 saturated carbocycles. The van der Waals surface area contributed by atoms with E-state index in [9.17, 15) is 4.79 Å². The van der Waals surface area contributed by atoms with Crippen LogP contribution in [0.3, 0.4) is 0 Å². The van der Waals surface area contributed by atoms with Gasteiger partial charge >= 0.3 is 0 Å². The Kier molecular flexibility index (Phi) is 3.97. The molecule has 2 aromatic rings. The normalized spacial score (nSPS) is 23.6. The Balaban J connectivity index is 1.92. The third-order valence-electron chi connectivity index (χ3n) is 3.81. The van der Waals surface area contributed by atoms with E-state index >= 15 is 0 Å². The fourth-order valence-corrected chi connectivity index (χ4v) is 2.79. The summed E-state index contributed by atoms with van der Waals surface area (Å²) in [6.07, 6.45) is 0.197. The van der Waals surface area contributed by atoms with Gasteiger partial charge in [-0.1, -0.05) is 11.6 Å². The molecule has 0 bridgehead atoms. The molecule has 0 radical (unpaired) electrons. The molecule has 1 aromatic heterocycles. The molecule has 0 unspecified atom stereocenters. The highest BCUT2D eigenvalue weighted by atomic mass is 35.5. The average Bonchev–Trinajstić information content (AvgIpc) is 2.42. The highest BCUT2D eigenvalue weighted by Gasteiger charge is 2.24. The predicted octanol–water partition coefficient (Wildman–Crippen LogP) is 2.19. The molecule has 3 rings (SSSR count). The van der Waals surface area contributed by atoms with Crippen molar-refractivity contribution >= 4 is 22.5 Å². The van der Waals surface area contributed by atoms with Crippen molar-refractivity contribution in [3.63, 3.8) is 0 Å². The van der Waals surface area contributed by atoms with Crippen LogP contribution in [0.1, 0.15) is 19.7 Å². The Morgan fingerprint density at radius 2 is 2.29 bits per heavy atom. The van der Waals surface area contributed by atoms with Crippen LogP contribution in [0.25, 0.3) is 10.9 Å². The summed E-state index contributed by atoms with van der Waals surface area (Å²) >= 11 is 5.98. The number of hydrogen-bond donors (Lipinski definition) is 1. The molecule has 21 heavy (non-hydrogen) atoms. The van der Waals surface area contributed by atoms with Gasteiger partial charge in [-0.3, -0.25) is 9.69 Å². The molecule has 1 N–H and O–H groups in total. The fourth-order valence-electron chi connectivity index (χ4n) is 2.62. The zero-order chi connectivity index (χ0) is 15.0. The van der Waals surface area contributed by atoms with E-state index in [2.05, 4.69) is 28.7 Å². The van der Waals surface area contributed by atoms with Gasteiger partial charge in [-0.2, -0.15) is 0 Å². The third kappa shape index (κ3) is 3.10. The number of halogens is 1. The number of rotatable bonds is 2. The van der Waals surface area contributed by atoms with Gasteiger partial charge in [0.25, 0.3) is 5.56 Å². The average molecular weight is 308 g/mol. The molecule has 6 heteroatoms. The smallest absolute Gasteiger partial charge is 0.258 e. The number of hydrogen-bond acceptors (Lipinski definition) is 4. The maximum atomic E-state index is 12.1. The zero-order valence-corrected chi connectivity index (χ0v) is 12.9. The van der Waals surface area contributed by atoms with Gasteiger partial charge in [0.05, 0.1) is 30.2 Å². The standard InChI is InChI=1S/C15H18ClN3O2/c1-9-8-21-10(2)6-19(9)7-14-17-13-5-11(16)3-4-12(13)15(20)18-14/h3-5,9-10H,6-8H2,1-2H3,(H,17,18,20)/t9-,10-/m1/s1. The fraction of sp³-hybridized carbons (Fsp3) is 0.467. The highest BCUT2D eigenvalue weighted by molar-refractivity contribution is 6.31. The van der Waals surface area contributed by atoms with Crippen molar-refractivity contribution in [3.05, 3.63) is 39.4 Å². The first-order chi connectivity index (χ1) is 10.0. The van der Waals surface area contributed by atoms with E-state index in [1.807, 2.05) is 0 Å². The van der Waals surface area contributed by atoms with Crippen molar-refractivity contribution in [1.29, 1.82) is 0 Å². The van der Waals surface area contributed by atoms with Gasteiger partial charge in [0.2, 0.25) is 0 Å². The van der Waals surface area contributed by atoms with Crippen LogP contribution in [0.15, 0.2) is 23.0 Å². The number of H-pyrrole nitrogens is 1. The SMILES string of the molecule is C[C@@H]1CN(Cc2nc3cc(Cl)ccc3c(=O)[nH]2)[C@H](C)CO1. The Morgan fingerprint density at radius 1 is 1.48 bits per heavy atom. The van der Waals surface area contributed by atoms with Crippen LogP contribution in [-0.2, 0) is 11.3 Å². The lowest BCUT2D eigenvalue weighted by atomic mass is 10.2. The van der Waals surface area contributed by atoms with Crippen molar-refractivity contribution in [1.82, 2.24) is 14.9 Å². The molecule has 1 aromatic carbocycles. The number of aromatic nitrogens is 2. The zero-order valence-electron chi connectivity index (χ0n) is 12.1. The van der Waals surface area contributed by atoms with Crippen molar-refractivity contribution in [3.8, 4) is 0 Å². The first-order valence-corrected chi connectivity index (χ1v) is 7.45. The molecule has 0 amide bonds. The topological polar surface area (TPSA) is 58.2 Å². The van der Waals surface area contributed by atoms with Crippen LogP contribution in [0, 0.1) is 0 Å². The summed E-state index contributed by atoms with van der Waals surface area (Å²) in [5, 5.41) is 1.14. The third-order valence-corrected chi connectivity index (χ3v) is 4.04. The van der Waals surface area contributed by atoms with Crippen molar-refractivity contribution in [2.24, 2.45) is 0 Å². The molecule has 0 aliphatic carbocycles. The van der Waals surface area contributed by atoms with Gasteiger partial charge in [0.1, 0.15) is 5.82 Å². The van der Waals surface area contributed by atoms with Crippen molar-refractivity contribution < 1.29 is 4.74 Å². The van der Waals surface area contributed by atoms with E-state index in [1.54, 1.807) is 18.2 Å². The molecular formula is C15H18ClN3O2. The second kappa shape index (κ2) is 5.75. The number of nitrogens with one attached hydrogen (secondary N) is 1. The number of fused-ring (bicyclic) bond motifs is 1. The van der Waals surface area contributed by atoms with Crippen molar-refractivity contribution in [2.45, 2.75) is 32.5 Å². The van der Waals surface area contributed by atoms with Crippen LogP contribution >= 0.6 is 11.6 Å². The molecule has 1 saturated heterocycles. The first-order valence-electron chi connectivity index (χ1n) is 7.07. The summed E-state index contributed by atoms with van der Waals surface area (Å²) in [5.74, 6) is 0.663. The van der Waals surface area contributed by atoms with E-state index in [-0.39, 0.29) is 11.7 Å². The lowest BCUT2D eigenvalue weighted by Gasteiger charge is -2.36. The second-order valence-corrected chi connectivity index (χ2v) is 6.03. The van der Waals surface area contributed by atoms with Gasteiger partial charge in [0.15, 0.2) is 0 Å². The summed E-state index contributed by atoms with van der Waals surface area (Å²) in [6.45, 7) is 6.30. The first kappa shape index (κ1) is 14.5. The molecule has 112 valence electrons. The van der Waals surface area contributed by atoms with E-state index in [0.29, 0.717) is 40.9 Å².